The quantitative estimate of drug-likeness (QED) is 0.256. The molecule has 0 atom stereocenters. The van der Waals surface area contributed by atoms with E-state index in [1.807, 2.05) is 57.3 Å². The Morgan fingerprint density at radius 2 is 1.52 bits per heavy atom. The van der Waals surface area contributed by atoms with Crippen LogP contribution in [-0.2, 0) is 5.21 Å². The number of hydrogen-bond acceptors (Lipinski definition) is 4. The summed E-state index contributed by atoms with van der Waals surface area (Å²) in [6.07, 6.45) is 0. The van der Waals surface area contributed by atoms with Crippen molar-refractivity contribution in [1.29, 1.82) is 0 Å². The van der Waals surface area contributed by atoms with Crippen molar-refractivity contribution in [1.82, 2.24) is 5.06 Å². The number of fused-ring (bicyclic) bond motifs is 1. The van der Waals surface area contributed by atoms with Crippen LogP contribution in [0.4, 0.5) is 0 Å². The van der Waals surface area contributed by atoms with Crippen LogP contribution in [0.15, 0.2) is 43.4 Å². The molecule has 0 aliphatic carbocycles. The Bertz CT molecular complexity index is 1040. The summed E-state index contributed by atoms with van der Waals surface area (Å²) in [6, 6.07) is 6.28. The molecule has 0 unspecified atom stereocenters. The third kappa shape index (κ3) is 3.32. The predicted octanol–water partition coefficient (Wildman–Crippen LogP) is 1.46. The SMILES string of the molecule is CC1(C)N([O])C(c2ccc3c(c2)[Se]C(=C2[Se]C4=C(SC=CS4)[Se]2)[Se]3)=[N+]([O-])C1(C)C. The van der Waals surface area contributed by atoms with Gasteiger partial charge >= 0.3 is 206 Å². The van der Waals surface area contributed by atoms with Crippen LogP contribution in [0.1, 0.15) is 33.3 Å². The Balaban J connectivity index is 1.45. The van der Waals surface area contributed by atoms with Crippen LogP contribution in [0.2, 0.25) is 0 Å². The second-order valence-corrected chi connectivity index (χ2v) is 22.1. The summed E-state index contributed by atoms with van der Waals surface area (Å²) >= 11 is 5.58. The zero-order valence-electron chi connectivity index (χ0n) is 16.0. The van der Waals surface area contributed by atoms with E-state index in [0.717, 1.165) is 15.4 Å². The molecule has 4 nitrogen and oxygen atoms in total. The van der Waals surface area contributed by atoms with Gasteiger partial charge in [-0.3, -0.25) is 0 Å². The second kappa shape index (κ2) is 7.50. The number of rotatable bonds is 1. The molecule has 0 N–H and O–H groups in total. The van der Waals surface area contributed by atoms with Gasteiger partial charge in [-0.05, 0) is 0 Å². The second-order valence-electron chi connectivity index (χ2n) is 7.76. The van der Waals surface area contributed by atoms with Crippen LogP contribution in [0.3, 0.4) is 0 Å². The first-order valence-corrected chi connectivity index (χ1v) is 17.5. The fourth-order valence-electron chi connectivity index (χ4n) is 3.14. The van der Waals surface area contributed by atoms with Gasteiger partial charge in [0.15, 0.2) is 0 Å². The van der Waals surface area contributed by atoms with E-state index in [9.17, 15) is 10.4 Å². The van der Waals surface area contributed by atoms with Crippen molar-refractivity contribution in [2.24, 2.45) is 0 Å². The van der Waals surface area contributed by atoms with Gasteiger partial charge < -0.3 is 0 Å². The van der Waals surface area contributed by atoms with E-state index in [1.165, 1.54) is 8.92 Å². The monoisotopic (exact) mass is 689 g/mol. The van der Waals surface area contributed by atoms with Gasteiger partial charge in [0.05, 0.1) is 0 Å². The topological polar surface area (TPSA) is 49.2 Å². The Labute approximate surface area is 204 Å². The molecule has 1 aromatic carbocycles. The molecule has 4 heterocycles. The molecule has 0 bridgehead atoms. The number of thioether (sulfide) groups is 2. The molecular weight excluding hydrogens is 668 g/mol. The van der Waals surface area contributed by atoms with Gasteiger partial charge in [-0.15, -0.1) is 0 Å². The van der Waals surface area contributed by atoms with Crippen molar-refractivity contribution in [2.45, 2.75) is 38.8 Å². The van der Waals surface area contributed by atoms with Crippen molar-refractivity contribution < 1.29 is 9.95 Å². The average molecular weight is 685 g/mol. The third-order valence-corrected chi connectivity index (χ3v) is 24.8. The Kier molecular flexibility index (Phi) is 5.51. The van der Waals surface area contributed by atoms with Crippen LogP contribution in [0, 0.1) is 5.21 Å². The molecular formula is C19H17N2O2S2Se4. The van der Waals surface area contributed by atoms with Crippen molar-refractivity contribution in [3.63, 3.8) is 0 Å². The van der Waals surface area contributed by atoms with Crippen LogP contribution < -0.4 is 8.92 Å². The molecule has 10 heteroatoms. The van der Waals surface area contributed by atoms with Crippen LogP contribution >= 0.6 is 23.5 Å². The summed E-state index contributed by atoms with van der Waals surface area (Å²) in [7, 11) is 0. The van der Waals surface area contributed by atoms with E-state index in [-0.39, 0.29) is 5.84 Å². The number of hydrogen-bond donors (Lipinski definition) is 0. The van der Waals surface area contributed by atoms with Gasteiger partial charge in [-0.1, -0.05) is 0 Å². The Hall–Kier alpha value is 0.448. The summed E-state index contributed by atoms with van der Waals surface area (Å²) in [6.45, 7) is 7.41. The first-order chi connectivity index (χ1) is 13.7. The van der Waals surface area contributed by atoms with Crippen LogP contribution in [0.5, 0.6) is 0 Å². The zero-order valence-corrected chi connectivity index (χ0v) is 24.5. The van der Waals surface area contributed by atoms with E-state index >= 15 is 0 Å². The van der Waals surface area contributed by atoms with Gasteiger partial charge in [-0.25, -0.2) is 0 Å². The number of amidine groups is 1. The number of nitrogens with zero attached hydrogens (tertiary/aromatic N) is 2. The van der Waals surface area contributed by atoms with Gasteiger partial charge in [0, 0.05) is 0 Å². The minimum atomic E-state index is -0.770. The molecule has 0 aromatic heterocycles. The first-order valence-electron chi connectivity index (χ1n) is 8.84. The van der Waals surface area contributed by atoms with Gasteiger partial charge in [-0.2, -0.15) is 0 Å². The molecule has 0 saturated carbocycles. The van der Waals surface area contributed by atoms with Gasteiger partial charge in [0.2, 0.25) is 0 Å². The molecule has 1 radical (unpaired) electrons. The van der Waals surface area contributed by atoms with Crippen molar-refractivity contribution in [3.05, 3.63) is 54.1 Å². The zero-order chi connectivity index (χ0) is 20.6. The normalized spacial score (nSPS) is 24.7. The standard InChI is InChI=1S/C19H17N2O2S2Se4/c1-18(2)19(3,4)21(23)13(20(18)22)10-5-6-11-12(9-10)27-16(26-11)17-28-14-15(29-17)25-8-7-24-14/h5-9H,1-4H3. The molecule has 4 aliphatic heterocycles. The predicted molar refractivity (Wildman–Crippen MR) is 126 cm³/mol. The van der Waals surface area contributed by atoms with Crippen LogP contribution in [-0.4, -0.2) is 86.5 Å². The summed E-state index contributed by atoms with van der Waals surface area (Å²) in [4.78, 5) is 0. The maximum absolute atomic E-state index is 13.0. The minimum absolute atomic E-state index is 0.262. The van der Waals surface area contributed by atoms with E-state index in [2.05, 4.69) is 22.9 Å². The van der Waals surface area contributed by atoms with E-state index in [0.29, 0.717) is 59.8 Å². The summed E-state index contributed by atoms with van der Waals surface area (Å²) < 4.78 is 10.4. The number of benzene rings is 1. The molecule has 4 aliphatic rings. The fraction of sp³-hybridized carbons (Fsp3) is 0.316. The summed E-state index contributed by atoms with van der Waals surface area (Å²) in [5.74, 6) is 0.262. The molecule has 1 aromatic rings. The number of hydroxylamine groups is 3. The van der Waals surface area contributed by atoms with E-state index < -0.39 is 11.1 Å². The molecule has 0 saturated heterocycles. The maximum atomic E-state index is 13.0. The van der Waals surface area contributed by atoms with E-state index in [1.54, 1.807) is 14.3 Å². The molecule has 0 fully saturated rings. The Morgan fingerprint density at radius 3 is 2.10 bits per heavy atom. The van der Waals surface area contributed by atoms with Crippen molar-refractivity contribution in [3.8, 4) is 0 Å². The Morgan fingerprint density at radius 1 is 0.931 bits per heavy atom. The molecule has 5 rings (SSSR count). The summed E-state index contributed by atoms with van der Waals surface area (Å²) in [5, 5.41) is 31.4. The van der Waals surface area contributed by atoms with Gasteiger partial charge in [0.25, 0.3) is 0 Å². The van der Waals surface area contributed by atoms with Crippen molar-refractivity contribution >= 4 is 98.1 Å². The fourth-order valence-corrected chi connectivity index (χ4v) is 23.1. The molecule has 0 amide bonds. The molecule has 151 valence electrons. The summed E-state index contributed by atoms with van der Waals surface area (Å²) in [5.41, 5.74) is -0.769. The van der Waals surface area contributed by atoms with Crippen molar-refractivity contribution in [2.75, 3.05) is 0 Å². The first kappa shape index (κ1) is 21.3. The third-order valence-electron chi connectivity index (χ3n) is 5.61. The van der Waals surface area contributed by atoms with Crippen LogP contribution in [0.25, 0.3) is 0 Å². The van der Waals surface area contributed by atoms with E-state index in [4.69, 9.17) is 0 Å². The average Bonchev–Trinajstić information content (AvgIpc) is 3.33. The molecule has 29 heavy (non-hydrogen) atoms. The van der Waals surface area contributed by atoms with Gasteiger partial charge in [0.1, 0.15) is 0 Å². The molecule has 0 spiro atoms.